The number of benzene rings is 1. The van der Waals surface area contributed by atoms with Crippen molar-refractivity contribution in [1.82, 2.24) is 4.90 Å². The number of nitrogens with zero attached hydrogens (tertiary/aromatic N) is 1. The Hall–Kier alpha value is -1.01. The number of carbonyl (C=O) groups is 1. The van der Waals surface area contributed by atoms with Crippen LogP contribution >= 0.6 is 28.1 Å². The average molecular weight is 359 g/mol. The van der Waals surface area contributed by atoms with Gasteiger partial charge in [-0.3, -0.25) is 4.79 Å². The van der Waals surface area contributed by atoms with Crippen LogP contribution in [0.2, 0.25) is 0 Å². The molecule has 1 fully saturated rings. The smallest absolute Gasteiger partial charge is 0.255 e. The van der Waals surface area contributed by atoms with Crippen LogP contribution in [0.3, 0.4) is 0 Å². The molecule has 2 rings (SSSR count). The Morgan fingerprint density at radius 1 is 1.45 bits per heavy atom. The standard InChI is InChI=1S/C14H16BrFN2OS/c1-14(13(17)20)5-7-18(8-6-14)12(19)9-3-2-4-10(16)11(9)15/h2-4H,5-8H2,1H3,(H2,17,20). The lowest BCUT2D eigenvalue weighted by molar-refractivity contribution is 0.0668. The molecule has 1 heterocycles. The number of amides is 1. The summed E-state index contributed by atoms with van der Waals surface area (Å²) in [5.41, 5.74) is 5.91. The molecule has 1 saturated heterocycles. The molecule has 3 nitrogen and oxygen atoms in total. The molecule has 0 aromatic heterocycles. The summed E-state index contributed by atoms with van der Waals surface area (Å²) in [7, 11) is 0. The maximum absolute atomic E-state index is 13.5. The molecule has 0 atom stereocenters. The van der Waals surface area contributed by atoms with E-state index >= 15 is 0 Å². The number of hydrogen-bond acceptors (Lipinski definition) is 2. The Morgan fingerprint density at radius 3 is 2.60 bits per heavy atom. The number of rotatable bonds is 2. The van der Waals surface area contributed by atoms with Gasteiger partial charge in [0.05, 0.1) is 15.0 Å². The highest BCUT2D eigenvalue weighted by molar-refractivity contribution is 9.10. The highest BCUT2D eigenvalue weighted by Crippen LogP contribution is 2.32. The van der Waals surface area contributed by atoms with Crippen LogP contribution < -0.4 is 5.73 Å². The molecule has 1 aromatic rings. The maximum atomic E-state index is 13.5. The largest absolute Gasteiger partial charge is 0.393 e. The van der Waals surface area contributed by atoms with Crippen molar-refractivity contribution in [1.29, 1.82) is 0 Å². The molecule has 0 saturated carbocycles. The molecule has 0 radical (unpaired) electrons. The van der Waals surface area contributed by atoms with Gasteiger partial charge in [0.25, 0.3) is 5.91 Å². The van der Waals surface area contributed by atoms with Crippen LogP contribution in [0.15, 0.2) is 22.7 Å². The fourth-order valence-corrected chi connectivity index (χ4v) is 2.93. The first kappa shape index (κ1) is 15.4. The molecule has 108 valence electrons. The molecule has 1 aliphatic heterocycles. The molecular weight excluding hydrogens is 343 g/mol. The van der Waals surface area contributed by atoms with Gasteiger partial charge in [-0.15, -0.1) is 0 Å². The lowest BCUT2D eigenvalue weighted by Crippen LogP contribution is -2.46. The summed E-state index contributed by atoms with van der Waals surface area (Å²) in [6, 6.07) is 4.48. The Labute approximate surface area is 131 Å². The number of carbonyl (C=O) groups excluding carboxylic acids is 1. The molecule has 0 aliphatic carbocycles. The summed E-state index contributed by atoms with van der Waals surface area (Å²) in [6.07, 6.45) is 1.47. The third-order valence-corrected chi connectivity index (χ3v) is 5.23. The van der Waals surface area contributed by atoms with E-state index in [1.165, 1.54) is 12.1 Å². The van der Waals surface area contributed by atoms with E-state index in [0.717, 1.165) is 12.8 Å². The minimum absolute atomic E-state index is 0.165. The van der Waals surface area contributed by atoms with Gasteiger partial charge in [-0.05, 0) is 40.9 Å². The number of likely N-dealkylation sites (tertiary alicyclic amines) is 1. The molecule has 2 N–H and O–H groups in total. The fourth-order valence-electron chi connectivity index (χ4n) is 2.29. The molecule has 1 aliphatic rings. The topological polar surface area (TPSA) is 46.3 Å². The molecule has 1 amide bonds. The molecule has 1 aromatic carbocycles. The van der Waals surface area contributed by atoms with Gasteiger partial charge < -0.3 is 10.6 Å². The second kappa shape index (κ2) is 5.77. The lowest BCUT2D eigenvalue weighted by atomic mass is 9.80. The third-order valence-electron chi connectivity index (χ3n) is 3.93. The SMILES string of the molecule is CC1(C(N)=S)CCN(C(=O)c2cccc(F)c2Br)CC1. The van der Waals surface area contributed by atoms with Crippen molar-refractivity contribution >= 4 is 39.0 Å². The molecule has 0 unspecified atom stereocenters. The Balaban J connectivity index is 2.13. The minimum Gasteiger partial charge on any atom is -0.393 e. The minimum atomic E-state index is -0.430. The van der Waals surface area contributed by atoms with E-state index in [0.29, 0.717) is 23.6 Å². The predicted octanol–water partition coefficient (Wildman–Crippen LogP) is 3.12. The first-order valence-electron chi connectivity index (χ1n) is 6.38. The van der Waals surface area contributed by atoms with Crippen molar-refractivity contribution in [3.63, 3.8) is 0 Å². The lowest BCUT2D eigenvalue weighted by Gasteiger charge is -2.38. The van der Waals surface area contributed by atoms with E-state index < -0.39 is 5.82 Å². The fraction of sp³-hybridized carbons (Fsp3) is 0.429. The summed E-state index contributed by atoms with van der Waals surface area (Å²) in [6.45, 7) is 3.18. The van der Waals surface area contributed by atoms with Crippen molar-refractivity contribution in [3.05, 3.63) is 34.1 Å². The molecule has 6 heteroatoms. The normalized spacial score (nSPS) is 17.9. The Morgan fingerprint density at radius 2 is 2.05 bits per heavy atom. The quantitative estimate of drug-likeness (QED) is 0.826. The summed E-state index contributed by atoms with van der Waals surface area (Å²) in [5.74, 6) is -0.595. The van der Waals surface area contributed by atoms with Crippen LogP contribution in [-0.4, -0.2) is 28.9 Å². The van der Waals surface area contributed by atoms with Crippen molar-refractivity contribution in [2.45, 2.75) is 19.8 Å². The van der Waals surface area contributed by atoms with E-state index in [9.17, 15) is 9.18 Å². The van der Waals surface area contributed by atoms with Crippen LogP contribution in [-0.2, 0) is 0 Å². The zero-order chi connectivity index (χ0) is 14.9. The number of piperidine rings is 1. The first-order valence-corrected chi connectivity index (χ1v) is 7.58. The van der Waals surface area contributed by atoms with E-state index in [1.807, 2.05) is 6.92 Å². The summed E-state index contributed by atoms with van der Waals surface area (Å²) >= 11 is 8.21. The second-order valence-corrected chi connectivity index (χ2v) is 6.55. The van der Waals surface area contributed by atoms with Crippen LogP contribution in [0.1, 0.15) is 30.1 Å². The van der Waals surface area contributed by atoms with E-state index in [2.05, 4.69) is 15.9 Å². The summed E-state index contributed by atoms with van der Waals surface area (Å²) in [5, 5.41) is 0. The summed E-state index contributed by atoms with van der Waals surface area (Å²) in [4.78, 5) is 14.6. The summed E-state index contributed by atoms with van der Waals surface area (Å²) < 4.78 is 13.7. The van der Waals surface area contributed by atoms with Crippen LogP contribution in [0.4, 0.5) is 4.39 Å². The van der Waals surface area contributed by atoms with Crippen LogP contribution in [0.5, 0.6) is 0 Å². The molecular formula is C14H16BrFN2OS. The number of nitrogens with two attached hydrogens (primary N) is 1. The van der Waals surface area contributed by atoms with Gasteiger partial charge in [0, 0.05) is 18.5 Å². The van der Waals surface area contributed by atoms with Crippen LogP contribution in [0, 0.1) is 11.2 Å². The molecule has 20 heavy (non-hydrogen) atoms. The van der Waals surface area contributed by atoms with Crippen molar-refractivity contribution in [2.75, 3.05) is 13.1 Å². The maximum Gasteiger partial charge on any atom is 0.255 e. The number of hydrogen-bond donors (Lipinski definition) is 1. The van der Waals surface area contributed by atoms with Gasteiger partial charge in [0.2, 0.25) is 0 Å². The van der Waals surface area contributed by atoms with Gasteiger partial charge >= 0.3 is 0 Å². The average Bonchev–Trinajstić information content (AvgIpc) is 2.42. The zero-order valence-corrected chi connectivity index (χ0v) is 13.6. The van der Waals surface area contributed by atoms with Gasteiger partial charge in [-0.25, -0.2) is 4.39 Å². The zero-order valence-electron chi connectivity index (χ0n) is 11.2. The van der Waals surface area contributed by atoms with Crippen molar-refractivity contribution in [2.24, 2.45) is 11.1 Å². The number of thiocarbonyl (C=S) groups is 1. The van der Waals surface area contributed by atoms with Gasteiger partial charge in [0.15, 0.2) is 0 Å². The third kappa shape index (κ3) is 2.86. The number of halogens is 2. The van der Waals surface area contributed by atoms with E-state index in [4.69, 9.17) is 18.0 Å². The molecule has 0 spiro atoms. The highest BCUT2D eigenvalue weighted by atomic mass is 79.9. The molecule has 0 bridgehead atoms. The van der Waals surface area contributed by atoms with Gasteiger partial charge in [-0.1, -0.05) is 25.2 Å². The van der Waals surface area contributed by atoms with E-state index in [-0.39, 0.29) is 15.8 Å². The van der Waals surface area contributed by atoms with Crippen LogP contribution in [0.25, 0.3) is 0 Å². The Kier molecular flexibility index (Phi) is 4.44. The highest BCUT2D eigenvalue weighted by Gasteiger charge is 2.34. The predicted molar refractivity (Wildman–Crippen MR) is 84.1 cm³/mol. The van der Waals surface area contributed by atoms with Gasteiger partial charge in [-0.2, -0.15) is 0 Å². The van der Waals surface area contributed by atoms with Crippen molar-refractivity contribution < 1.29 is 9.18 Å². The van der Waals surface area contributed by atoms with Crippen molar-refractivity contribution in [3.8, 4) is 0 Å². The monoisotopic (exact) mass is 358 g/mol. The van der Waals surface area contributed by atoms with E-state index in [1.54, 1.807) is 11.0 Å². The Bertz CT molecular complexity index is 556. The van der Waals surface area contributed by atoms with Gasteiger partial charge in [0.1, 0.15) is 5.82 Å². The second-order valence-electron chi connectivity index (χ2n) is 5.32. The first-order chi connectivity index (χ1) is 9.35.